The summed E-state index contributed by atoms with van der Waals surface area (Å²) in [6, 6.07) is -0.206. The Bertz CT molecular complexity index is 382. The number of amides is 1. The van der Waals surface area contributed by atoms with Crippen molar-refractivity contribution < 1.29 is 14.6 Å². The van der Waals surface area contributed by atoms with E-state index in [9.17, 15) is 9.90 Å². The van der Waals surface area contributed by atoms with Gasteiger partial charge in [-0.1, -0.05) is 90.7 Å². The number of hydrogen-bond donors (Lipinski definition) is 2. The van der Waals surface area contributed by atoms with E-state index in [1.165, 1.54) is 77.0 Å². The van der Waals surface area contributed by atoms with Crippen LogP contribution in [0.25, 0.3) is 0 Å². The van der Waals surface area contributed by atoms with Gasteiger partial charge in [0.2, 0.25) is 0 Å². The number of carbonyl (C=O) groups excluding carboxylic acids is 1. The van der Waals surface area contributed by atoms with Crippen molar-refractivity contribution in [2.45, 2.75) is 123 Å². The summed E-state index contributed by atoms with van der Waals surface area (Å²) >= 11 is 0. The molecule has 4 heteroatoms. The highest BCUT2D eigenvalue weighted by Gasteiger charge is 2.13. The van der Waals surface area contributed by atoms with Crippen molar-refractivity contribution >= 4 is 6.09 Å². The number of ether oxygens (including phenoxy) is 1. The molecule has 1 amide bonds. The Hall–Kier alpha value is -1.03. The van der Waals surface area contributed by atoms with E-state index in [-0.39, 0.29) is 12.6 Å². The fraction of sp³-hybridized carbons (Fsp3) is 0.880. The molecule has 0 heterocycles. The average Bonchev–Trinajstić information content (AvgIpc) is 2.69. The standard InChI is InChI=1S/C25H49NO3/c1-4-5-6-7-8-9-10-11-12-13-14-15-16-17-18-19-20-29-25(28)26-24(22-27)21-23(2)3/h11-12,23-24,27H,4-10,13-22H2,1-3H3,(H,26,28)/b12-11-/t24-/m0/s1. The predicted molar refractivity (Wildman–Crippen MR) is 124 cm³/mol. The monoisotopic (exact) mass is 411 g/mol. The third-order valence-electron chi connectivity index (χ3n) is 5.19. The lowest BCUT2D eigenvalue weighted by Crippen LogP contribution is -2.38. The molecule has 0 aliphatic heterocycles. The molecule has 0 radical (unpaired) electrons. The average molecular weight is 412 g/mol. The van der Waals surface area contributed by atoms with Gasteiger partial charge in [0.25, 0.3) is 0 Å². The van der Waals surface area contributed by atoms with Crippen LogP contribution < -0.4 is 5.32 Å². The van der Waals surface area contributed by atoms with Crippen LogP contribution in [0.2, 0.25) is 0 Å². The van der Waals surface area contributed by atoms with Crippen LogP contribution in [0, 0.1) is 5.92 Å². The molecule has 0 bridgehead atoms. The molecule has 0 aromatic heterocycles. The molecule has 0 spiro atoms. The Labute approximate surface area is 180 Å². The van der Waals surface area contributed by atoms with Gasteiger partial charge in [-0.25, -0.2) is 4.79 Å². The first-order valence-electron chi connectivity index (χ1n) is 12.3. The Kier molecular flexibility index (Phi) is 20.9. The number of allylic oxidation sites excluding steroid dienone is 2. The maximum atomic E-state index is 11.7. The van der Waals surface area contributed by atoms with Crippen molar-refractivity contribution in [2.75, 3.05) is 13.2 Å². The quantitative estimate of drug-likeness (QED) is 0.165. The second-order valence-electron chi connectivity index (χ2n) is 8.73. The third-order valence-corrected chi connectivity index (χ3v) is 5.19. The molecule has 0 saturated carbocycles. The van der Waals surface area contributed by atoms with E-state index < -0.39 is 6.09 Å². The number of aliphatic hydroxyl groups excluding tert-OH is 1. The van der Waals surface area contributed by atoms with E-state index in [0.29, 0.717) is 12.5 Å². The van der Waals surface area contributed by atoms with E-state index in [1.54, 1.807) is 0 Å². The molecule has 2 N–H and O–H groups in total. The number of nitrogens with one attached hydrogen (secondary N) is 1. The summed E-state index contributed by atoms with van der Waals surface area (Å²) < 4.78 is 5.20. The van der Waals surface area contributed by atoms with E-state index in [0.717, 1.165) is 19.3 Å². The van der Waals surface area contributed by atoms with Gasteiger partial charge < -0.3 is 15.2 Å². The molecule has 0 rings (SSSR count). The fourth-order valence-corrected chi connectivity index (χ4v) is 3.47. The zero-order chi connectivity index (χ0) is 21.6. The first-order valence-corrected chi connectivity index (χ1v) is 12.3. The van der Waals surface area contributed by atoms with E-state index in [2.05, 4.69) is 38.2 Å². The van der Waals surface area contributed by atoms with Gasteiger partial charge in [-0.05, 0) is 44.4 Å². The molecular formula is C25H49NO3. The van der Waals surface area contributed by atoms with Crippen molar-refractivity contribution in [1.82, 2.24) is 5.32 Å². The Morgan fingerprint density at radius 3 is 1.90 bits per heavy atom. The lowest BCUT2D eigenvalue weighted by molar-refractivity contribution is 0.130. The minimum Gasteiger partial charge on any atom is -0.450 e. The predicted octanol–water partition coefficient (Wildman–Crippen LogP) is 7.16. The topological polar surface area (TPSA) is 58.6 Å². The van der Waals surface area contributed by atoms with Gasteiger partial charge in [0.15, 0.2) is 0 Å². The van der Waals surface area contributed by atoms with Crippen LogP contribution in [0.3, 0.4) is 0 Å². The van der Waals surface area contributed by atoms with Crippen molar-refractivity contribution in [3.05, 3.63) is 12.2 Å². The summed E-state index contributed by atoms with van der Waals surface area (Å²) in [6.45, 7) is 6.83. The minimum atomic E-state index is -0.405. The van der Waals surface area contributed by atoms with Crippen LogP contribution in [-0.4, -0.2) is 30.5 Å². The van der Waals surface area contributed by atoms with Gasteiger partial charge in [-0.3, -0.25) is 0 Å². The highest BCUT2D eigenvalue weighted by Crippen LogP contribution is 2.10. The molecule has 0 aliphatic carbocycles. The van der Waals surface area contributed by atoms with Crippen LogP contribution in [-0.2, 0) is 4.74 Å². The summed E-state index contributed by atoms with van der Waals surface area (Å²) in [5, 5.41) is 12.0. The van der Waals surface area contributed by atoms with Gasteiger partial charge in [-0.2, -0.15) is 0 Å². The molecule has 0 aromatic carbocycles. The zero-order valence-electron chi connectivity index (χ0n) is 19.6. The SMILES string of the molecule is CCCCCCCC/C=C\CCCCCCCCOC(=O)N[C@H](CO)CC(C)C. The molecule has 1 atom stereocenters. The molecule has 0 fully saturated rings. The summed E-state index contributed by atoms with van der Waals surface area (Å²) in [7, 11) is 0. The van der Waals surface area contributed by atoms with Crippen molar-refractivity contribution in [3.63, 3.8) is 0 Å². The number of rotatable bonds is 20. The lowest BCUT2D eigenvalue weighted by atomic mass is 10.0. The molecule has 4 nitrogen and oxygen atoms in total. The Balaban J connectivity index is 3.34. The van der Waals surface area contributed by atoms with Crippen LogP contribution in [0.1, 0.15) is 117 Å². The van der Waals surface area contributed by atoms with Gasteiger partial charge >= 0.3 is 6.09 Å². The second kappa shape index (κ2) is 21.7. The zero-order valence-corrected chi connectivity index (χ0v) is 19.6. The summed E-state index contributed by atoms with van der Waals surface area (Å²) in [5.74, 6) is 0.434. The van der Waals surface area contributed by atoms with Crippen molar-refractivity contribution in [2.24, 2.45) is 5.92 Å². The third kappa shape index (κ3) is 21.5. The van der Waals surface area contributed by atoms with Crippen LogP contribution in [0.5, 0.6) is 0 Å². The van der Waals surface area contributed by atoms with Crippen LogP contribution in [0.4, 0.5) is 4.79 Å². The summed E-state index contributed by atoms with van der Waals surface area (Å²) in [5.41, 5.74) is 0. The molecule has 0 aromatic rings. The first-order chi connectivity index (χ1) is 14.1. The van der Waals surface area contributed by atoms with Crippen molar-refractivity contribution in [3.8, 4) is 0 Å². The number of unbranched alkanes of at least 4 members (excludes halogenated alkanes) is 12. The molecule has 29 heavy (non-hydrogen) atoms. The second-order valence-corrected chi connectivity index (χ2v) is 8.73. The molecule has 0 saturated heterocycles. The van der Waals surface area contributed by atoms with Crippen LogP contribution >= 0.6 is 0 Å². The number of hydrogen-bond acceptors (Lipinski definition) is 3. The number of alkyl carbamates (subject to hydrolysis) is 1. The first kappa shape index (κ1) is 28.0. The van der Waals surface area contributed by atoms with Gasteiger partial charge in [-0.15, -0.1) is 0 Å². The van der Waals surface area contributed by atoms with Crippen LogP contribution in [0.15, 0.2) is 12.2 Å². The fourth-order valence-electron chi connectivity index (χ4n) is 3.47. The van der Waals surface area contributed by atoms with Gasteiger partial charge in [0.05, 0.1) is 19.3 Å². The highest BCUT2D eigenvalue weighted by atomic mass is 16.5. The molecular weight excluding hydrogens is 362 g/mol. The number of carbonyl (C=O) groups is 1. The Morgan fingerprint density at radius 1 is 0.862 bits per heavy atom. The van der Waals surface area contributed by atoms with E-state index in [1.807, 2.05) is 0 Å². The maximum absolute atomic E-state index is 11.7. The Morgan fingerprint density at radius 2 is 1.38 bits per heavy atom. The van der Waals surface area contributed by atoms with E-state index >= 15 is 0 Å². The minimum absolute atomic E-state index is 0.0402. The molecule has 0 unspecified atom stereocenters. The summed E-state index contributed by atoms with van der Waals surface area (Å²) in [6.07, 6.45) is 22.9. The van der Waals surface area contributed by atoms with E-state index in [4.69, 9.17) is 4.74 Å². The van der Waals surface area contributed by atoms with Crippen molar-refractivity contribution in [1.29, 1.82) is 0 Å². The number of aliphatic hydroxyl groups is 1. The summed E-state index contributed by atoms with van der Waals surface area (Å²) in [4.78, 5) is 11.7. The lowest BCUT2D eigenvalue weighted by Gasteiger charge is -2.17. The maximum Gasteiger partial charge on any atom is 0.407 e. The normalized spacial score (nSPS) is 12.6. The molecule has 172 valence electrons. The van der Waals surface area contributed by atoms with Gasteiger partial charge in [0.1, 0.15) is 0 Å². The smallest absolute Gasteiger partial charge is 0.407 e. The molecule has 0 aliphatic rings. The highest BCUT2D eigenvalue weighted by molar-refractivity contribution is 5.67. The van der Waals surface area contributed by atoms with Gasteiger partial charge in [0, 0.05) is 0 Å². The largest absolute Gasteiger partial charge is 0.450 e.